The van der Waals surface area contributed by atoms with Gasteiger partial charge in [0.05, 0.1) is 12.1 Å². The lowest BCUT2D eigenvalue weighted by Gasteiger charge is -2.16. The Morgan fingerprint density at radius 2 is 1.73 bits per heavy atom. The van der Waals surface area contributed by atoms with Crippen molar-refractivity contribution >= 4 is 23.6 Å². The number of carbonyl (C=O) groups excluding carboxylic acids is 2. The summed E-state index contributed by atoms with van der Waals surface area (Å²) in [5.41, 5.74) is 3.03. The van der Waals surface area contributed by atoms with Gasteiger partial charge in [-0.25, -0.2) is 4.39 Å². The summed E-state index contributed by atoms with van der Waals surface area (Å²) in [6.07, 6.45) is 2.81. The Hall–Kier alpha value is -3.67. The lowest BCUT2D eigenvalue weighted by Crippen LogP contribution is -2.34. The Labute approximate surface area is 174 Å². The van der Waals surface area contributed by atoms with Gasteiger partial charge in [0, 0.05) is 18.8 Å². The molecule has 5 nitrogen and oxygen atoms in total. The zero-order valence-corrected chi connectivity index (χ0v) is 17.1. The summed E-state index contributed by atoms with van der Waals surface area (Å²) in [5, 5.41) is 2.85. The molecule has 0 unspecified atom stereocenters. The number of para-hydroxylation sites is 1. The number of likely N-dealkylation sites (N-methyl/N-ethyl adjacent to an activating group) is 1. The molecule has 0 aliphatic rings. The number of aryl methyl sites for hydroxylation is 2. The van der Waals surface area contributed by atoms with Crippen LogP contribution in [0, 0.1) is 19.7 Å². The summed E-state index contributed by atoms with van der Waals surface area (Å²) in [6, 6.07) is 15.4. The van der Waals surface area contributed by atoms with Crippen LogP contribution >= 0.6 is 0 Å². The summed E-state index contributed by atoms with van der Waals surface area (Å²) < 4.78 is 19.4. The van der Waals surface area contributed by atoms with E-state index in [-0.39, 0.29) is 24.2 Å². The van der Waals surface area contributed by atoms with Gasteiger partial charge in [-0.2, -0.15) is 0 Å². The first-order valence-electron chi connectivity index (χ1n) is 9.49. The molecule has 2 aromatic carbocycles. The van der Waals surface area contributed by atoms with Crippen LogP contribution in [0.1, 0.15) is 16.9 Å². The number of nitrogens with one attached hydrogen (secondary N) is 1. The van der Waals surface area contributed by atoms with Crippen LogP contribution in [0.4, 0.5) is 10.1 Å². The highest BCUT2D eigenvalue weighted by molar-refractivity contribution is 5.98. The van der Waals surface area contributed by atoms with Gasteiger partial charge < -0.3 is 14.6 Å². The summed E-state index contributed by atoms with van der Waals surface area (Å²) >= 11 is 0. The van der Waals surface area contributed by atoms with Gasteiger partial charge in [-0.15, -0.1) is 0 Å². The molecular weight excluding hydrogens is 383 g/mol. The molecule has 0 saturated carbocycles. The normalized spacial score (nSPS) is 10.9. The molecule has 6 heteroatoms. The minimum atomic E-state index is -0.381. The average Bonchev–Trinajstić information content (AvgIpc) is 3.18. The van der Waals surface area contributed by atoms with Crippen molar-refractivity contribution in [1.82, 2.24) is 4.90 Å². The second kappa shape index (κ2) is 9.22. The molecule has 0 bridgehead atoms. The fraction of sp³-hybridized carbons (Fsp3) is 0.167. The van der Waals surface area contributed by atoms with Crippen molar-refractivity contribution in [2.45, 2.75) is 13.8 Å². The molecule has 30 heavy (non-hydrogen) atoms. The number of furan rings is 1. The quantitative estimate of drug-likeness (QED) is 0.598. The largest absolute Gasteiger partial charge is 0.457 e. The fourth-order valence-electron chi connectivity index (χ4n) is 3.01. The van der Waals surface area contributed by atoms with E-state index in [0.29, 0.717) is 17.1 Å². The molecule has 0 aliphatic heterocycles. The number of carbonyl (C=O) groups is 2. The lowest BCUT2D eigenvalue weighted by atomic mass is 10.1. The third-order valence-corrected chi connectivity index (χ3v) is 4.66. The van der Waals surface area contributed by atoms with E-state index in [1.807, 2.05) is 32.0 Å². The number of rotatable bonds is 6. The van der Waals surface area contributed by atoms with Crippen LogP contribution in [0.25, 0.3) is 17.4 Å². The fourth-order valence-corrected chi connectivity index (χ4v) is 3.01. The zero-order chi connectivity index (χ0) is 21.7. The summed E-state index contributed by atoms with van der Waals surface area (Å²) in [5.74, 6) is -0.225. The minimum absolute atomic E-state index is 0.0877. The first-order chi connectivity index (χ1) is 14.3. The maximum Gasteiger partial charge on any atom is 0.246 e. The van der Waals surface area contributed by atoms with E-state index in [2.05, 4.69) is 5.32 Å². The van der Waals surface area contributed by atoms with Gasteiger partial charge in [0.25, 0.3) is 0 Å². The SMILES string of the molecule is Cc1cccc(C)c1NC(=O)CN(C)C(=O)/C=C/c1ccc(-c2ccccc2F)o1. The maximum atomic E-state index is 13.9. The Kier molecular flexibility index (Phi) is 6.47. The number of halogens is 1. The number of amides is 2. The van der Waals surface area contributed by atoms with E-state index < -0.39 is 0 Å². The van der Waals surface area contributed by atoms with Crippen molar-refractivity contribution in [3.8, 4) is 11.3 Å². The number of hydrogen-bond donors (Lipinski definition) is 1. The monoisotopic (exact) mass is 406 g/mol. The van der Waals surface area contributed by atoms with Crippen LogP contribution in [-0.2, 0) is 9.59 Å². The molecule has 2 amide bonds. The number of nitrogens with zero attached hydrogens (tertiary/aromatic N) is 1. The van der Waals surface area contributed by atoms with Gasteiger partial charge in [-0.3, -0.25) is 9.59 Å². The molecule has 0 saturated heterocycles. The van der Waals surface area contributed by atoms with E-state index in [4.69, 9.17) is 4.42 Å². The molecule has 0 fully saturated rings. The number of benzene rings is 2. The van der Waals surface area contributed by atoms with E-state index in [9.17, 15) is 14.0 Å². The van der Waals surface area contributed by atoms with Crippen molar-refractivity contribution in [2.75, 3.05) is 18.9 Å². The summed E-state index contributed by atoms with van der Waals surface area (Å²) in [4.78, 5) is 25.9. The Morgan fingerprint density at radius 1 is 1.03 bits per heavy atom. The van der Waals surface area contributed by atoms with Crippen molar-refractivity contribution in [1.29, 1.82) is 0 Å². The second-order valence-electron chi connectivity index (χ2n) is 7.02. The van der Waals surface area contributed by atoms with Crippen molar-refractivity contribution in [3.05, 3.63) is 83.4 Å². The molecule has 0 radical (unpaired) electrons. The Balaban J connectivity index is 1.60. The van der Waals surface area contributed by atoms with Crippen molar-refractivity contribution < 1.29 is 18.4 Å². The number of anilines is 1. The third kappa shape index (κ3) is 5.03. The lowest BCUT2D eigenvalue weighted by molar-refractivity contribution is -0.129. The topological polar surface area (TPSA) is 62.6 Å². The van der Waals surface area contributed by atoms with Crippen LogP contribution in [0.2, 0.25) is 0 Å². The van der Waals surface area contributed by atoms with Gasteiger partial charge in [0.1, 0.15) is 17.3 Å². The van der Waals surface area contributed by atoms with Gasteiger partial charge >= 0.3 is 0 Å². The summed E-state index contributed by atoms with van der Waals surface area (Å²) in [7, 11) is 1.55. The van der Waals surface area contributed by atoms with E-state index in [0.717, 1.165) is 16.8 Å². The standard InChI is InChI=1S/C24H23FN2O3/c1-16-7-6-8-17(2)24(16)26-22(28)15-27(3)23(29)14-12-18-11-13-21(30-18)19-9-4-5-10-20(19)25/h4-14H,15H2,1-3H3,(H,26,28)/b14-12+. The second-order valence-corrected chi connectivity index (χ2v) is 7.02. The van der Waals surface area contributed by atoms with Crippen LogP contribution < -0.4 is 5.32 Å². The molecule has 3 rings (SSSR count). The molecule has 0 atom stereocenters. The van der Waals surface area contributed by atoms with Gasteiger partial charge in [-0.05, 0) is 55.3 Å². The number of hydrogen-bond acceptors (Lipinski definition) is 3. The molecule has 1 N–H and O–H groups in total. The molecule has 0 spiro atoms. The first-order valence-corrected chi connectivity index (χ1v) is 9.49. The van der Waals surface area contributed by atoms with Gasteiger partial charge in [-0.1, -0.05) is 30.3 Å². The van der Waals surface area contributed by atoms with Crippen LogP contribution in [0.5, 0.6) is 0 Å². The maximum absolute atomic E-state index is 13.9. The molecule has 1 aromatic heterocycles. The highest BCUT2D eigenvalue weighted by Gasteiger charge is 2.13. The Morgan fingerprint density at radius 3 is 2.43 bits per heavy atom. The molecule has 1 heterocycles. The third-order valence-electron chi connectivity index (χ3n) is 4.66. The summed E-state index contributed by atoms with van der Waals surface area (Å²) in [6.45, 7) is 3.74. The van der Waals surface area contributed by atoms with Gasteiger partial charge in [0.15, 0.2) is 0 Å². The van der Waals surface area contributed by atoms with Gasteiger partial charge in [0.2, 0.25) is 11.8 Å². The van der Waals surface area contributed by atoms with Crippen LogP contribution in [0.3, 0.4) is 0 Å². The molecular formula is C24H23FN2O3. The minimum Gasteiger partial charge on any atom is -0.457 e. The predicted octanol–water partition coefficient (Wildman–Crippen LogP) is 4.81. The van der Waals surface area contributed by atoms with Crippen molar-refractivity contribution in [2.24, 2.45) is 0 Å². The molecule has 154 valence electrons. The molecule has 3 aromatic rings. The predicted molar refractivity (Wildman–Crippen MR) is 115 cm³/mol. The van der Waals surface area contributed by atoms with E-state index in [1.54, 1.807) is 37.4 Å². The first kappa shape index (κ1) is 21.0. The Bertz CT molecular complexity index is 1080. The van der Waals surface area contributed by atoms with Crippen LogP contribution in [0.15, 0.2) is 65.1 Å². The highest BCUT2D eigenvalue weighted by Crippen LogP contribution is 2.25. The highest BCUT2D eigenvalue weighted by atomic mass is 19.1. The smallest absolute Gasteiger partial charge is 0.246 e. The average molecular weight is 406 g/mol. The van der Waals surface area contributed by atoms with E-state index in [1.165, 1.54) is 23.1 Å². The van der Waals surface area contributed by atoms with Crippen molar-refractivity contribution in [3.63, 3.8) is 0 Å². The zero-order valence-electron chi connectivity index (χ0n) is 17.1. The molecule has 0 aliphatic carbocycles. The van der Waals surface area contributed by atoms with Crippen LogP contribution in [-0.4, -0.2) is 30.3 Å². The van der Waals surface area contributed by atoms with E-state index >= 15 is 0 Å².